The average molecular weight is 268 g/mol. The van der Waals surface area contributed by atoms with E-state index < -0.39 is 11.4 Å². The molecular weight excluding hydrogens is 244 g/mol. The van der Waals surface area contributed by atoms with Gasteiger partial charge in [0.1, 0.15) is 0 Å². The van der Waals surface area contributed by atoms with Gasteiger partial charge in [-0.1, -0.05) is 20.3 Å². The minimum absolute atomic E-state index is 0.0872. The first-order valence-electron chi connectivity index (χ1n) is 7.26. The highest BCUT2D eigenvalue weighted by Crippen LogP contribution is 2.36. The van der Waals surface area contributed by atoms with Gasteiger partial charge in [0.15, 0.2) is 0 Å². The van der Waals surface area contributed by atoms with E-state index in [2.05, 4.69) is 12.2 Å². The van der Waals surface area contributed by atoms with E-state index in [9.17, 15) is 14.7 Å². The molecule has 2 saturated heterocycles. The molecule has 0 aliphatic carbocycles. The summed E-state index contributed by atoms with van der Waals surface area (Å²) in [6.45, 7) is 5.91. The zero-order valence-electron chi connectivity index (χ0n) is 11.8. The normalized spacial score (nSPS) is 34.7. The van der Waals surface area contributed by atoms with E-state index in [-0.39, 0.29) is 11.9 Å². The minimum Gasteiger partial charge on any atom is -0.481 e. The van der Waals surface area contributed by atoms with Gasteiger partial charge in [0.25, 0.3) is 0 Å². The number of aliphatic carboxylic acids is 1. The Morgan fingerprint density at radius 3 is 2.74 bits per heavy atom. The Balaban J connectivity index is 2.04. The molecular formula is C14H24N2O3. The molecule has 19 heavy (non-hydrogen) atoms. The lowest BCUT2D eigenvalue weighted by Gasteiger charge is -2.26. The molecule has 1 amide bonds. The van der Waals surface area contributed by atoms with Crippen LogP contribution in [0.15, 0.2) is 0 Å². The summed E-state index contributed by atoms with van der Waals surface area (Å²) < 4.78 is 0. The Morgan fingerprint density at radius 2 is 2.21 bits per heavy atom. The first-order valence-corrected chi connectivity index (χ1v) is 7.26. The smallest absolute Gasteiger partial charge is 0.311 e. The highest BCUT2D eigenvalue weighted by molar-refractivity contribution is 5.84. The number of carboxylic acids is 1. The first-order chi connectivity index (χ1) is 9.00. The van der Waals surface area contributed by atoms with Crippen LogP contribution in [0.5, 0.6) is 0 Å². The molecule has 3 unspecified atom stereocenters. The largest absolute Gasteiger partial charge is 0.481 e. The summed E-state index contributed by atoms with van der Waals surface area (Å²) in [6, 6.07) is -0.119. The third-order valence-electron chi connectivity index (χ3n) is 4.65. The van der Waals surface area contributed by atoms with Gasteiger partial charge < -0.3 is 15.3 Å². The lowest BCUT2D eigenvalue weighted by Crippen LogP contribution is -2.46. The molecule has 0 aromatic carbocycles. The standard InChI is InChI=1S/C14H24N2O3/c1-3-5-14(13(18)19)6-8-16(9-14)12(17)11-10(2)4-7-15-11/h10-11,15H,3-9H2,1-2H3,(H,18,19). The maximum Gasteiger partial charge on any atom is 0.311 e. The van der Waals surface area contributed by atoms with Gasteiger partial charge in [-0.3, -0.25) is 9.59 Å². The second-order valence-electron chi connectivity index (χ2n) is 6.04. The van der Waals surface area contributed by atoms with Crippen LogP contribution in [-0.4, -0.2) is 47.6 Å². The van der Waals surface area contributed by atoms with Gasteiger partial charge in [-0.25, -0.2) is 0 Å². The van der Waals surface area contributed by atoms with Crippen LogP contribution in [0.2, 0.25) is 0 Å². The van der Waals surface area contributed by atoms with Gasteiger partial charge >= 0.3 is 5.97 Å². The predicted octanol–water partition coefficient (Wildman–Crippen LogP) is 1.09. The Bertz CT molecular complexity index is 372. The summed E-state index contributed by atoms with van der Waals surface area (Å²) in [5, 5.41) is 12.7. The van der Waals surface area contributed by atoms with Crippen LogP contribution in [-0.2, 0) is 9.59 Å². The van der Waals surface area contributed by atoms with Crippen molar-refractivity contribution < 1.29 is 14.7 Å². The molecule has 5 heteroatoms. The van der Waals surface area contributed by atoms with Crippen LogP contribution in [0.3, 0.4) is 0 Å². The Hall–Kier alpha value is -1.10. The van der Waals surface area contributed by atoms with Crippen molar-refractivity contribution in [1.29, 1.82) is 0 Å². The Labute approximate surface area is 114 Å². The van der Waals surface area contributed by atoms with Crippen LogP contribution in [0.1, 0.15) is 39.5 Å². The molecule has 2 N–H and O–H groups in total. The molecule has 0 aromatic rings. The molecule has 0 saturated carbocycles. The lowest BCUT2D eigenvalue weighted by atomic mass is 9.83. The monoisotopic (exact) mass is 268 g/mol. The van der Waals surface area contributed by atoms with Gasteiger partial charge in [-0.2, -0.15) is 0 Å². The van der Waals surface area contributed by atoms with E-state index in [0.29, 0.717) is 31.8 Å². The van der Waals surface area contributed by atoms with Gasteiger partial charge in [-0.05, 0) is 31.7 Å². The molecule has 2 heterocycles. The van der Waals surface area contributed by atoms with Gasteiger partial charge in [0, 0.05) is 13.1 Å². The Kier molecular flexibility index (Phi) is 4.13. The number of likely N-dealkylation sites (tertiary alicyclic amines) is 1. The van der Waals surface area contributed by atoms with Crippen LogP contribution < -0.4 is 5.32 Å². The summed E-state index contributed by atoms with van der Waals surface area (Å²) in [7, 11) is 0. The second-order valence-corrected chi connectivity index (χ2v) is 6.04. The van der Waals surface area contributed by atoms with E-state index in [0.717, 1.165) is 19.4 Å². The van der Waals surface area contributed by atoms with E-state index in [1.807, 2.05) is 6.92 Å². The van der Waals surface area contributed by atoms with Crippen LogP contribution >= 0.6 is 0 Å². The fourth-order valence-electron chi connectivity index (χ4n) is 3.39. The molecule has 2 aliphatic rings. The predicted molar refractivity (Wildman–Crippen MR) is 71.7 cm³/mol. The van der Waals surface area contributed by atoms with Crippen LogP contribution in [0, 0.1) is 11.3 Å². The summed E-state index contributed by atoms with van der Waals surface area (Å²) in [4.78, 5) is 25.7. The average Bonchev–Trinajstić information content (AvgIpc) is 2.96. The second kappa shape index (κ2) is 5.49. The zero-order chi connectivity index (χ0) is 14.0. The summed E-state index contributed by atoms with van der Waals surface area (Å²) in [5.74, 6) is -0.320. The number of hydrogen-bond donors (Lipinski definition) is 2. The van der Waals surface area contributed by atoms with Crippen molar-refractivity contribution in [2.24, 2.45) is 11.3 Å². The third-order valence-corrected chi connectivity index (χ3v) is 4.65. The van der Waals surface area contributed by atoms with Crippen molar-refractivity contribution in [3.63, 3.8) is 0 Å². The maximum absolute atomic E-state index is 12.4. The van der Waals surface area contributed by atoms with E-state index >= 15 is 0 Å². The zero-order valence-corrected chi connectivity index (χ0v) is 11.8. The number of carbonyl (C=O) groups is 2. The SMILES string of the molecule is CCCC1(C(=O)O)CCN(C(=O)C2NCCC2C)C1. The fourth-order valence-corrected chi connectivity index (χ4v) is 3.39. The van der Waals surface area contributed by atoms with Crippen molar-refractivity contribution in [2.45, 2.75) is 45.6 Å². The molecule has 2 fully saturated rings. The molecule has 0 aromatic heterocycles. The molecule has 3 atom stereocenters. The number of amides is 1. The molecule has 108 valence electrons. The first kappa shape index (κ1) is 14.3. The number of hydrogen-bond acceptors (Lipinski definition) is 3. The molecule has 5 nitrogen and oxygen atoms in total. The van der Waals surface area contributed by atoms with E-state index in [1.165, 1.54) is 0 Å². The minimum atomic E-state index is -0.753. The lowest BCUT2D eigenvalue weighted by molar-refractivity contribution is -0.149. The topological polar surface area (TPSA) is 69.6 Å². The molecule has 2 rings (SSSR count). The highest BCUT2D eigenvalue weighted by atomic mass is 16.4. The quantitative estimate of drug-likeness (QED) is 0.800. The van der Waals surface area contributed by atoms with E-state index in [4.69, 9.17) is 0 Å². The maximum atomic E-state index is 12.4. The number of nitrogens with zero attached hydrogens (tertiary/aromatic N) is 1. The van der Waals surface area contributed by atoms with Crippen LogP contribution in [0.4, 0.5) is 0 Å². The summed E-state index contributed by atoms with van der Waals surface area (Å²) >= 11 is 0. The van der Waals surface area contributed by atoms with Crippen molar-refractivity contribution in [3.05, 3.63) is 0 Å². The summed E-state index contributed by atoms with van der Waals surface area (Å²) in [6.07, 6.45) is 3.10. The van der Waals surface area contributed by atoms with Gasteiger partial charge in [0.2, 0.25) is 5.91 Å². The number of nitrogens with one attached hydrogen (secondary N) is 1. The van der Waals surface area contributed by atoms with E-state index in [1.54, 1.807) is 4.90 Å². The van der Waals surface area contributed by atoms with Crippen molar-refractivity contribution in [3.8, 4) is 0 Å². The molecule has 0 bridgehead atoms. The number of carbonyl (C=O) groups excluding carboxylic acids is 1. The van der Waals surface area contributed by atoms with Gasteiger partial charge in [-0.15, -0.1) is 0 Å². The third kappa shape index (κ3) is 2.61. The number of rotatable bonds is 4. The van der Waals surface area contributed by atoms with Gasteiger partial charge in [0.05, 0.1) is 11.5 Å². The number of carboxylic acid groups (broad SMARTS) is 1. The highest BCUT2D eigenvalue weighted by Gasteiger charge is 2.47. The molecule has 0 spiro atoms. The Morgan fingerprint density at radius 1 is 1.47 bits per heavy atom. The van der Waals surface area contributed by atoms with Crippen molar-refractivity contribution in [1.82, 2.24) is 10.2 Å². The molecule has 2 aliphatic heterocycles. The van der Waals surface area contributed by atoms with Crippen LogP contribution in [0.25, 0.3) is 0 Å². The summed E-state index contributed by atoms with van der Waals surface area (Å²) in [5.41, 5.74) is -0.716. The van der Waals surface area contributed by atoms with Crippen molar-refractivity contribution in [2.75, 3.05) is 19.6 Å². The van der Waals surface area contributed by atoms with Crippen molar-refractivity contribution >= 4 is 11.9 Å². The molecule has 0 radical (unpaired) electrons. The fraction of sp³-hybridized carbons (Fsp3) is 0.857.